The first-order valence-corrected chi connectivity index (χ1v) is 11.8. The third-order valence-corrected chi connectivity index (χ3v) is 6.74. The zero-order valence-electron chi connectivity index (χ0n) is 15.5. The number of hydrogen-bond acceptors (Lipinski definition) is 4. The van der Waals surface area contributed by atoms with Gasteiger partial charge in [-0.1, -0.05) is 19.8 Å². The van der Waals surface area contributed by atoms with Gasteiger partial charge in [-0.25, -0.2) is 0 Å². The molecule has 0 aliphatic heterocycles. The van der Waals surface area contributed by atoms with Crippen LogP contribution in [-0.2, 0) is 0 Å². The highest BCUT2D eigenvalue weighted by Gasteiger charge is 2.26. The molecule has 0 radical (unpaired) electrons. The van der Waals surface area contributed by atoms with Gasteiger partial charge in [0.2, 0.25) is 0 Å². The van der Waals surface area contributed by atoms with Crippen molar-refractivity contribution in [3.05, 3.63) is 0 Å². The number of amidine groups is 2. The SMILES string of the molecule is CSCCNC(=N)CCCCCCC(=N)NCCSC1CCC1C. The minimum Gasteiger partial charge on any atom is -0.373 e. The summed E-state index contributed by atoms with van der Waals surface area (Å²) in [7, 11) is 0. The van der Waals surface area contributed by atoms with Crippen molar-refractivity contribution in [2.24, 2.45) is 5.92 Å². The van der Waals surface area contributed by atoms with Crippen molar-refractivity contribution < 1.29 is 0 Å². The van der Waals surface area contributed by atoms with Crippen LogP contribution in [0.5, 0.6) is 0 Å². The van der Waals surface area contributed by atoms with Crippen LogP contribution < -0.4 is 10.6 Å². The van der Waals surface area contributed by atoms with E-state index in [-0.39, 0.29) is 0 Å². The maximum absolute atomic E-state index is 7.95. The second-order valence-electron chi connectivity index (χ2n) is 6.68. The van der Waals surface area contributed by atoms with Crippen LogP contribution in [0.15, 0.2) is 0 Å². The van der Waals surface area contributed by atoms with E-state index in [1.165, 1.54) is 12.8 Å². The summed E-state index contributed by atoms with van der Waals surface area (Å²) >= 11 is 3.88. The minimum absolute atomic E-state index is 0.678. The smallest absolute Gasteiger partial charge is 0.0931 e. The molecule has 0 saturated heterocycles. The molecule has 2 unspecified atom stereocenters. The lowest BCUT2D eigenvalue weighted by atomic mass is 9.87. The highest BCUT2D eigenvalue weighted by Crippen LogP contribution is 2.36. The summed E-state index contributed by atoms with van der Waals surface area (Å²) in [6, 6.07) is 0. The first kappa shape index (κ1) is 21.7. The molecule has 4 nitrogen and oxygen atoms in total. The lowest BCUT2D eigenvalue weighted by molar-refractivity contribution is 0.363. The second kappa shape index (κ2) is 13.9. The van der Waals surface area contributed by atoms with Crippen LogP contribution in [0.1, 0.15) is 58.3 Å². The van der Waals surface area contributed by atoms with Crippen molar-refractivity contribution in [2.75, 3.05) is 30.9 Å². The molecule has 6 heteroatoms. The Morgan fingerprint density at radius 3 is 1.96 bits per heavy atom. The van der Waals surface area contributed by atoms with E-state index >= 15 is 0 Å². The number of hydrogen-bond donors (Lipinski definition) is 4. The Morgan fingerprint density at radius 1 is 0.917 bits per heavy atom. The van der Waals surface area contributed by atoms with Crippen LogP contribution in [-0.4, -0.2) is 47.8 Å². The lowest BCUT2D eigenvalue weighted by Crippen LogP contribution is -2.29. The van der Waals surface area contributed by atoms with Gasteiger partial charge in [-0.2, -0.15) is 23.5 Å². The first-order chi connectivity index (χ1) is 11.6. The van der Waals surface area contributed by atoms with Crippen LogP contribution >= 0.6 is 23.5 Å². The quantitative estimate of drug-likeness (QED) is 0.208. The van der Waals surface area contributed by atoms with Crippen molar-refractivity contribution in [1.29, 1.82) is 10.8 Å². The van der Waals surface area contributed by atoms with E-state index in [4.69, 9.17) is 10.8 Å². The Morgan fingerprint density at radius 2 is 1.50 bits per heavy atom. The molecular formula is C18H36N4S2. The third-order valence-electron chi connectivity index (χ3n) is 4.56. The molecule has 0 aromatic heterocycles. The molecule has 0 aromatic carbocycles. The average molecular weight is 373 g/mol. The van der Waals surface area contributed by atoms with Crippen LogP contribution in [0.3, 0.4) is 0 Å². The van der Waals surface area contributed by atoms with Crippen molar-refractivity contribution in [3.8, 4) is 0 Å². The van der Waals surface area contributed by atoms with Gasteiger partial charge in [0.15, 0.2) is 0 Å². The standard InChI is InChI=1S/C18H36N4S2/c1-15-9-10-16(15)24-14-12-22-18(20)8-6-4-3-5-7-17(19)21-11-13-23-2/h15-16H,3-14H2,1-2H3,(H2,19,21)(H2,20,22). The molecule has 140 valence electrons. The van der Waals surface area contributed by atoms with Gasteiger partial charge >= 0.3 is 0 Å². The third kappa shape index (κ3) is 10.5. The molecule has 24 heavy (non-hydrogen) atoms. The monoisotopic (exact) mass is 372 g/mol. The van der Waals surface area contributed by atoms with Gasteiger partial charge in [0.05, 0.1) is 11.7 Å². The van der Waals surface area contributed by atoms with Gasteiger partial charge in [-0.05, 0) is 37.9 Å². The predicted molar refractivity (Wildman–Crippen MR) is 112 cm³/mol. The fraction of sp³-hybridized carbons (Fsp3) is 0.889. The largest absolute Gasteiger partial charge is 0.373 e. The van der Waals surface area contributed by atoms with Crippen molar-refractivity contribution >= 4 is 35.2 Å². The minimum atomic E-state index is 0.678. The number of rotatable bonds is 14. The highest BCUT2D eigenvalue weighted by molar-refractivity contribution is 8.00. The molecule has 0 aromatic rings. The molecule has 0 amide bonds. The van der Waals surface area contributed by atoms with E-state index in [1.807, 2.05) is 0 Å². The Labute approximate surface area is 157 Å². The number of unbranched alkanes of at least 4 members (excludes halogenated alkanes) is 3. The second-order valence-corrected chi connectivity index (χ2v) is 9.01. The molecule has 1 aliphatic rings. The maximum Gasteiger partial charge on any atom is 0.0931 e. The summed E-state index contributed by atoms with van der Waals surface area (Å²) in [4.78, 5) is 0. The Balaban J connectivity index is 1.82. The molecule has 0 bridgehead atoms. The van der Waals surface area contributed by atoms with E-state index in [9.17, 15) is 0 Å². The van der Waals surface area contributed by atoms with Crippen molar-refractivity contribution in [3.63, 3.8) is 0 Å². The molecule has 4 N–H and O–H groups in total. The molecule has 2 atom stereocenters. The topological polar surface area (TPSA) is 71.8 Å². The van der Waals surface area contributed by atoms with Gasteiger partial charge in [-0.15, -0.1) is 0 Å². The van der Waals surface area contributed by atoms with Gasteiger partial charge in [0.1, 0.15) is 0 Å². The summed E-state index contributed by atoms with van der Waals surface area (Å²) in [5.41, 5.74) is 0. The van der Waals surface area contributed by atoms with Gasteiger partial charge in [0.25, 0.3) is 0 Å². The van der Waals surface area contributed by atoms with Crippen LogP contribution in [0, 0.1) is 16.7 Å². The molecule has 1 rings (SSSR count). The number of nitrogens with one attached hydrogen (secondary N) is 4. The summed E-state index contributed by atoms with van der Waals surface area (Å²) in [6.07, 6.45) is 11.1. The van der Waals surface area contributed by atoms with E-state index in [2.05, 4.69) is 35.6 Å². The zero-order valence-corrected chi connectivity index (χ0v) is 17.1. The summed E-state index contributed by atoms with van der Waals surface area (Å²) < 4.78 is 0. The first-order valence-electron chi connectivity index (χ1n) is 9.36. The summed E-state index contributed by atoms with van der Waals surface area (Å²) in [5, 5.41) is 23.0. The fourth-order valence-electron chi connectivity index (χ4n) is 2.73. The van der Waals surface area contributed by atoms with Crippen LogP contribution in [0.25, 0.3) is 0 Å². The van der Waals surface area contributed by atoms with E-state index in [0.717, 1.165) is 74.3 Å². The van der Waals surface area contributed by atoms with E-state index in [0.29, 0.717) is 11.7 Å². The average Bonchev–Trinajstić information content (AvgIpc) is 2.56. The summed E-state index contributed by atoms with van der Waals surface area (Å²) in [5.74, 6) is 4.47. The molecule has 1 aliphatic carbocycles. The van der Waals surface area contributed by atoms with E-state index in [1.54, 1.807) is 11.8 Å². The molecule has 1 saturated carbocycles. The number of thioether (sulfide) groups is 2. The normalized spacial score (nSPS) is 19.6. The Hall–Kier alpha value is -0.360. The van der Waals surface area contributed by atoms with E-state index < -0.39 is 0 Å². The van der Waals surface area contributed by atoms with Crippen LogP contribution in [0.2, 0.25) is 0 Å². The van der Waals surface area contributed by atoms with Crippen molar-refractivity contribution in [2.45, 2.75) is 63.5 Å². The Kier molecular flexibility index (Phi) is 12.5. The van der Waals surface area contributed by atoms with Gasteiger partial charge < -0.3 is 10.6 Å². The van der Waals surface area contributed by atoms with Gasteiger partial charge in [0, 0.05) is 42.7 Å². The van der Waals surface area contributed by atoms with Crippen LogP contribution in [0.4, 0.5) is 0 Å². The Bertz CT molecular complexity index is 363. The molecular weight excluding hydrogens is 336 g/mol. The molecule has 1 fully saturated rings. The maximum atomic E-state index is 7.95. The predicted octanol–water partition coefficient (Wildman–Crippen LogP) is 4.36. The van der Waals surface area contributed by atoms with Gasteiger partial charge in [-0.3, -0.25) is 10.8 Å². The molecule has 0 spiro atoms. The fourth-order valence-corrected chi connectivity index (χ4v) is 4.33. The summed E-state index contributed by atoms with van der Waals surface area (Å²) in [6.45, 7) is 4.19. The highest BCUT2D eigenvalue weighted by atomic mass is 32.2. The zero-order chi connectivity index (χ0) is 17.6. The molecule has 0 heterocycles. The van der Waals surface area contributed by atoms with Crippen molar-refractivity contribution in [1.82, 2.24) is 10.6 Å². The lowest BCUT2D eigenvalue weighted by Gasteiger charge is -2.33.